The number of amides is 1. The van der Waals surface area contributed by atoms with E-state index >= 15 is 0 Å². The van der Waals surface area contributed by atoms with Gasteiger partial charge in [-0.1, -0.05) is 59.8 Å². The van der Waals surface area contributed by atoms with Gasteiger partial charge >= 0.3 is 0 Å². The minimum atomic E-state index is -0.565. The van der Waals surface area contributed by atoms with Crippen LogP contribution >= 0.6 is 0 Å². The first-order valence-corrected chi connectivity index (χ1v) is 9.66. The molecule has 0 aromatic heterocycles. The van der Waals surface area contributed by atoms with Gasteiger partial charge in [0.15, 0.2) is 6.10 Å². The van der Waals surface area contributed by atoms with E-state index in [-0.39, 0.29) is 17.9 Å². The lowest BCUT2D eigenvalue weighted by Gasteiger charge is -2.25. The molecule has 0 radical (unpaired) electrons. The van der Waals surface area contributed by atoms with Crippen molar-refractivity contribution in [2.24, 2.45) is 5.16 Å². The first-order chi connectivity index (χ1) is 14.6. The van der Waals surface area contributed by atoms with Crippen LogP contribution in [0.1, 0.15) is 27.9 Å². The van der Waals surface area contributed by atoms with Crippen LogP contribution in [0.3, 0.4) is 0 Å². The number of halogens is 2. The summed E-state index contributed by atoms with van der Waals surface area (Å²) in [5.74, 6) is -1.33. The van der Waals surface area contributed by atoms with Crippen LogP contribution in [0.25, 0.3) is 0 Å². The second-order valence-electron chi connectivity index (χ2n) is 7.13. The van der Waals surface area contributed by atoms with E-state index in [1.807, 2.05) is 30.3 Å². The highest BCUT2D eigenvalue weighted by molar-refractivity contribution is 6.01. The predicted octanol–water partition coefficient (Wildman–Crippen LogP) is 4.80. The van der Waals surface area contributed by atoms with Gasteiger partial charge in [-0.3, -0.25) is 4.79 Å². The van der Waals surface area contributed by atoms with E-state index < -0.39 is 17.8 Å². The molecule has 1 aliphatic rings. The van der Waals surface area contributed by atoms with Crippen molar-refractivity contribution in [2.75, 3.05) is 6.54 Å². The fourth-order valence-electron chi connectivity index (χ4n) is 3.44. The van der Waals surface area contributed by atoms with Crippen molar-refractivity contribution >= 4 is 11.6 Å². The van der Waals surface area contributed by atoms with Gasteiger partial charge in [0.25, 0.3) is 5.91 Å². The number of nitrogens with zero attached hydrogens (tertiary/aromatic N) is 2. The van der Waals surface area contributed by atoms with E-state index in [0.717, 1.165) is 5.56 Å². The summed E-state index contributed by atoms with van der Waals surface area (Å²) in [6, 6.07) is 21.6. The van der Waals surface area contributed by atoms with Crippen LogP contribution in [0.2, 0.25) is 0 Å². The number of rotatable bonds is 6. The first kappa shape index (κ1) is 19.8. The maximum Gasteiger partial charge on any atom is 0.257 e. The third kappa shape index (κ3) is 4.54. The molecule has 4 rings (SSSR count). The predicted molar refractivity (Wildman–Crippen MR) is 110 cm³/mol. The SMILES string of the molecule is O=C(c1ccccc1F)N(Cc1ccccc1)C[C@@H]1CC(c2cccc(F)c2)=NO1. The van der Waals surface area contributed by atoms with Crippen molar-refractivity contribution in [1.82, 2.24) is 4.90 Å². The lowest BCUT2D eigenvalue weighted by molar-refractivity contribution is 0.0402. The lowest BCUT2D eigenvalue weighted by Crippen LogP contribution is -2.37. The monoisotopic (exact) mass is 406 g/mol. The summed E-state index contributed by atoms with van der Waals surface area (Å²) in [4.78, 5) is 20.2. The van der Waals surface area contributed by atoms with Crippen LogP contribution in [-0.2, 0) is 11.4 Å². The Kier molecular flexibility index (Phi) is 5.84. The van der Waals surface area contributed by atoms with Crippen LogP contribution in [-0.4, -0.2) is 29.2 Å². The number of hydrogen-bond acceptors (Lipinski definition) is 3. The molecule has 0 unspecified atom stereocenters. The Morgan fingerprint density at radius 1 is 1.00 bits per heavy atom. The van der Waals surface area contributed by atoms with Crippen LogP contribution in [0.5, 0.6) is 0 Å². The summed E-state index contributed by atoms with van der Waals surface area (Å²) >= 11 is 0. The molecule has 30 heavy (non-hydrogen) atoms. The van der Waals surface area contributed by atoms with Crippen LogP contribution in [0.15, 0.2) is 84.0 Å². The zero-order valence-electron chi connectivity index (χ0n) is 16.2. The van der Waals surface area contributed by atoms with Crippen molar-refractivity contribution in [2.45, 2.75) is 19.1 Å². The molecular formula is C24H20F2N2O2. The van der Waals surface area contributed by atoms with Crippen LogP contribution in [0, 0.1) is 11.6 Å². The summed E-state index contributed by atoms with van der Waals surface area (Å²) in [6.07, 6.45) is 0.0296. The molecule has 4 nitrogen and oxygen atoms in total. The largest absolute Gasteiger partial charge is 0.390 e. The topological polar surface area (TPSA) is 41.9 Å². The van der Waals surface area contributed by atoms with Crippen LogP contribution in [0.4, 0.5) is 8.78 Å². The molecule has 0 spiro atoms. The molecular weight excluding hydrogens is 386 g/mol. The van der Waals surface area contributed by atoms with Gasteiger partial charge in [-0.05, 0) is 29.8 Å². The molecule has 0 aliphatic carbocycles. The number of carbonyl (C=O) groups excluding carboxylic acids is 1. The molecule has 3 aromatic rings. The number of oxime groups is 1. The van der Waals surface area contributed by atoms with Gasteiger partial charge in [0.1, 0.15) is 11.6 Å². The van der Waals surface area contributed by atoms with E-state index in [0.29, 0.717) is 24.2 Å². The van der Waals surface area contributed by atoms with E-state index in [1.165, 1.54) is 24.3 Å². The van der Waals surface area contributed by atoms with Crippen molar-refractivity contribution in [3.05, 3.63) is 107 Å². The second-order valence-corrected chi connectivity index (χ2v) is 7.13. The van der Waals surface area contributed by atoms with Gasteiger partial charge in [0.05, 0.1) is 17.8 Å². The van der Waals surface area contributed by atoms with Gasteiger partial charge in [0.2, 0.25) is 0 Å². The zero-order valence-corrected chi connectivity index (χ0v) is 16.2. The Bertz CT molecular complexity index is 1070. The van der Waals surface area contributed by atoms with Crippen LogP contribution < -0.4 is 0 Å². The van der Waals surface area contributed by atoms with E-state index in [4.69, 9.17) is 4.84 Å². The molecule has 0 bridgehead atoms. The Hall–Kier alpha value is -3.54. The summed E-state index contributed by atoms with van der Waals surface area (Å²) in [6.45, 7) is 0.535. The minimum absolute atomic E-state index is 0.0118. The summed E-state index contributed by atoms with van der Waals surface area (Å²) < 4.78 is 27.8. The molecule has 1 heterocycles. The Balaban J connectivity index is 1.52. The normalized spacial score (nSPS) is 15.4. The Morgan fingerprint density at radius 2 is 1.77 bits per heavy atom. The van der Waals surface area contributed by atoms with E-state index in [1.54, 1.807) is 29.2 Å². The molecule has 1 amide bonds. The molecule has 0 N–H and O–H groups in total. The minimum Gasteiger partial charge on any atom is -0.390 e. The Morgan fingerprint density at radius 3 is 2.53 bits per heavy atom. The number of benzene rings is 3. The fraction of sp³-hybridized carbons (Fsp3) is 0.167. The highest BCUT2D eigenvalue weighted by Gasteiger charge is 2.28. The second kappa shape index (κ2) is 8.86. The maximum absolute atomic E-state index is 14.2. The number of hydrogen-bond donors (Lipinski definition) is 0. The molecule has 1 aliphatic heterocycles. The van der Waals surface area contributed by atoms with E-state index in [9.17, 15) is 13.6 Å². The highest BCUT2D eigenvalue weighted by Crippen LogP contribution is 2.21. The lowest BCUT2D eigenvalue weighted by atomic mass is 10.0. The zero-order chi connectivity index (χ0) is 20.9. The van der Waals surface area contributed by atoms with Gasteiger partial charge in [-0.2, -0.15) is 0 Å². The van der Waals surface area contributed by atoms with Gasteiger partial charge < -0.3 is 9.74 Å². The fourth-order valence-corrected chi connectivity index (χ4v) is 3.44. The quantitative estimate of drug-likeness (QED) is 0.590. The molecule has 6 heteroatoms. The third-order valence-electron chi connectivity index (χ3n) is 4.92. The molecule has 3 aromatic carbocycles. The highest BCUT2D eigenvalue weighted by atomic mass is 19.1. The summed E-state index contributed by atoms with van der Waals surface area (Å²) in [7, 11) is 0. The van der Waals surface area contributed by atoms with Crippen molar-refractivity contribution in [1.29, 1.82) is 0 Å². The molecule has 1 atom stereocenters. The van der Waals surface area contributed by atoms with Gasteiger partial charge in [-0.25, -0.2) is 8.78 Å². The van der Waals surface area contributed by atoms with E-state index in [2.05, 4.69) is 5.16 Å². The van der Waals surface area contributed by atoms with Gasteiger partial charge in [-0.15, -0.1) is 0 Å². The van der Waals surface area contributed by atoms with Gasteiger partial charge in [0, 0.05) is 18.5 Å². The molecule has 152 valence electrons. The average Bonchev–Trinajstić information content (AvgIpc) is 3.23. The average molecular weight is 406 g/mol. The Labute approximate surface area is 173 Å². The first-order valence-electron chi connectivity index (χ1n) is 9.66. The molecule has 0 fully saturated rings. The summed E-state index contributed by atoms with van der Waals surface area (Å²) in [5, 5.41) is 4.08. The number of carbonyl (C=O) groups is 1. The maximum atomic E-state index is 14.2. The van der Waals surface area contributed by atoms with Crippen molar-refractivity contribution in [3.8, 4) is 0 Å². The molecule has 0 saturated heterocycles. The van der Waals surface area contributed by atoms with Crippen molar-refractivity contribution < 1.29 is 18.4 Å². The smallest absolute Gasteiger partial charge is 0.257 e. The molecule has 0 saturated carbocycles. The summed E-state index contributed by atoms with van der Waals surface area (Å²) in [5.41, 5.74) is 2.20. The standard InChI is InChI=1S/C24H20F2N2O2/c25-19-10-6-9-18(13-19)23-14-20(30-27-23)16-28(15-17-7-2-1-3-8-17)24(29)21-11-4-5-12-22(21)26/h1-13,20H,14-16H2/t20-/m0/s1. The van der Waals surface area contributed by atoms with Crippen molar-refractivity contribution in [3.63, 3.8) is 0 Å². The third-order valence-corrected chi connectivity index (χ3v) is 4.92.